The van der Waals surface area contributed by atoms with E-state index in [0.29, 0.717) is 10.2 Å². The van der Waals surface area contributed by atoms with E-state index >= 15 is 0 Å². The molecule has 12 heavy (non-hydrogen) atoms. The van der Waals surface area contributed by atoms with Gasteiger partial charge in [0, 0.05) is 10.5 Å². The monoisotopic (exact) mass is 254 g/mol. The second-order valence-electron chi connectivity index (χ2n) is 2.31. The number of halogens is 3. The summed E-state index contributed by atoms with van der Waals surface area (Å²) in [6.45, 7) is 1.80. The van der Waals surface area contributed by atoms with Crippen LogP contribution in [0.5, 0.6) is 0 Å². The molecule has 1 rings (SSSR count). The minimum atomic E-state index is -0.360. The first-order valence-corrected chi connectivity index (χ1v) is 3.97. The first kappa shape index (κ1) is 11.8. The summed E-state index contributed by atoms with van der Waals surface area (Å²) in [5, 5.41) is 0. The molecule has 68 valence electrons. The molecule has 0 aliphatic rings. The summed E-state index contributed by atoms with van der Waals surface area (Å²) < 4.78 is 13.1. The van der Waals surface area contributed by atoms with Crippen LogP contribution in [0, 0.1) is 5.82 Å². The van der Waals surface area contributed by atoms with Gasteiger partial charge in [0.15, 0.2) is 0 Å². The van der Waals surface area contributed by atoms with E-state index in [4.69, 9.17) is 5.73 Å². The van der Waals surface area contributed by atoms with Gasteiger partial charge in [-0.05, 0) is 28.9 Å². The van der Waals surface area contributed by atoms with Crippen LogP contribution in [0.2, 0.25) is 0 Å². The average Bonchev–Trinajstić information content (AvgIpc) is 1.85. The molecular formula is C7H9BrClFN2. The fraction of sp³-hybridized carbons (Fsp3) is 0.286. The lowest BCUT2D eigenvalue weighted by molar-refractivity contribution is 0.614. The van der Waals surface area contributed by atoms with Crippen LogP contribution in [-0.2, 0) is 0 Å². The maximum Gasteiger partial charge on any atom is 0.142 e. The molecule has 5 heteroatoms. The van der Waals surface area contributed by atoms with E-state index in [1.165, 1.54) is 6.07 Å². The molecule has 0 aliphatic carbocycles. The first-order chi connectivity index (χ1) is 5.11. The van der Waals surface area contributed by atoms with Gasteiger partial charge in [-0.1, -0.05) is 0 Å². The molecule has 0 saturated carbocycles. The molecule has 0 radical (unpaired) electrons. The molecule has 2 N–H and O–H groups in total. The molecule has 0 spiro atoms. The zero-order valence-electron chi connectivity index (χ0n) is 6.42. The normalized spacial score (nSPS) is 12.0. The zero-order chi connectivity index (χ0) is 8.43. The van der Waals surface area contributed by atoms with Crippen molar-refractivity contribution in [3.8, 4) is 0 Å². The average molecular weight is 256 g/mol. The van der Waals surface area contributed by atoms with Gasteiger partial charge in [0.25, 0.3) is 0 Å². The Morgan fingerprint density at radius 1 is 1.67 bits per heavy atom. The first-order valence-electron chi connectivity index (χ1n) is 3.18. The highest BCUT2D eigenvalue weighted by Crippen LogP contribution is 2.19. The Morgan fingerprint density at radius 2 is 2.25 bits per heavy atom. The van der Waals surface area contributed by atoms with Gasteiger partial charge in [-0.3, -0.25) is 4.98 Å². The predicted molar refractivity (Wildman–Crippen MR) is 51.7 cm³/mol. The summed E-state index contributed by atoms with van der Waals surface area (Å²) in [6, 6.07) is 1.18. The molecule has 1 unspecified atom stereocenters. The third kappa shape index (κ3) is 2.69. The number of hydrogen-bond acceptors (Lipinski definition) is 2. The van der Waals surface area contributed by atoms with Gasteiger partial charge >= 0.3 is 0 Å². The van der Waals surface area contributed by atoms with Crippen molar-refractivity contribution >= 4 is 28.3 Å². The SMILES string of the molecule is CC(N)c1ncc(F)cc1Br.Cl. The van der Waals surface area contributed by atoms with E-state index in [1.54, 1.807) is 6.92 Å². The van der Waals surface area contributed by atoms with Crippen LogP contribution in [-0.4, -0.2) is 4.98 Å². The van der Waals surface area contributed by atoms with Crippen LogP contribution in [0.4, 0.5) is 4.39 Å². The minimum absolute atomic E-state index is 0. The molecule has 1 aromatic heterocycles. The van der Waals surface area contributed by atoms with Crippen molar-refractivity contribution in [1.82, 2.24) is 4.98 Å². The van der Waals surface area contributed by atoms with E-state index in [2.05, 4.69) is 20.9 Å². The molecule has 2 nitrogen and oxygen atoms in total. The van der Waals surface area contributed by atoms with Crippen LogP contribution < -0.4 is 5.73 Å². The molecular weight excluding hydrogens is 246 g/mol. The molecule has 0 amide bonds. The van der Waals surface area contributed by atoms with Crippen molar-refractivity contribution in [2.45, 2.75) is 13.0 Å². The molecule has 0 aliphatic heterocycles. The molecule has 0 bridgehead atoms. The van der Waals surface area contributed by atoms with Crippen molar-refractivity contribution in [3.05, 3.63) is 28.2 Å². The minimum Gasteiger partial charge on any atom is -0.323 e. The Hall–Kier alpha value is -0.190. The lowest BCUT2D eigenvalue weighted by Gasteiger charge is -2.05. The Balaban J connectivity index is 0.00000121. The zero-order valence-corrected chi connectivity index (χ0v) is 8.82. The highest BCUT2D eigenvalue weighted by molar-refractivity contribution is 9.10. The molecule has 1 heterocycles. The van der Waals surface area contributed by atoms with Crippen molar-refractivity contribution in [2.24, 2.45) is 5.73 Å². The van der Waals surface area contributed by atoms with Gasteiger partial charge in [0.2, 0.25) is 0 Å². The highest BCUT2D eigenvalue weighted by atomic mass is 79.9. The number of nitrogens with zero attached hydrogens (tertiary/aromatic N) is 1. The van der Waals surface area contributed by atoms with Gasteiger partial charge in [-0.25, -0.2) is 4.39 Å². The Labute approximate surface area is 84.9 Å². The van der Waals surface area contributed by atoms with Crippen LogP contribution in [0.1, 0.15) is 18.7 Å². The van der Waals surface area contributed by atoms with E-state index in [9.17, 15) is 4.39 Å². The largest absolute Gasteiger partial charge is 0.323 e. The fourth-order valence-electron chi connectivity index (χ4n) is 0.760. The molecule has 0 saturated heterocycles. The summed E-state index contributed by atoms with van der Waals surface area (Å²) >= 11 is 3.17. The van der Waals surface area contributed by atoms with Gasteiger partial charge in [-0.15, -0.1) is 12.4 Å². The van der Waals surface area contributed by atoms with Crippen molar-refractivity contribution in [3.63, 3.8) is 0 Å². The third-order valence-electron chi connectivity index (χ3n) is 1.27. The lowest BCUT2D eigenvalue weighted by atomic mass is 10.2. The van der Waals surface area contributed by atoms with Gasteiger partial charge in [0.05, 0.1) is 11.9 Å². The lowest BCUT2D eigenvalue weighted by Crippen LogP contribution is -2.08. The second kappa shape index (κ2) is 4.74. The van der Waals surface area contributed by atoms with Crippen LogP contribution >= 0.6 is 28.3 Å². The molecule has 0 fully saturated rings. The predicted octanol–water partition coefficient (Wildman–Crippen LogP) is 2.42. The number of rotatable bonds is 1. The molecule has 1 aromatic rings. The fourth-order valence-corrected chi connectivity index (χ4v) is 1.44. The van der Waals surface area contributed by atoms with Crippen LogP contribution in [0.15, 0.2) is 16.7 Å². The topological polar surface area (TPSA) is 38.9 Å². The van der Waals surface area contributed by atoms with E-state index < -0.39 is 0 Å². The number of hydrogen-bond donors (Lipinski definition) is 1. The molecule has 0 aromatic carbocycles. The second-order valence-corrected chi connectivity index (χ2v) is 3.16. The maximum atomic E-state index is 12.5. The highest BCUT2D eigenvalue weighted by Gasteiger charge is 2.06. The van der Waals surface area contributed by atoms with E-state index in [0.717, 1.165) is 6.20 Å². The smallest absolute Gasteiger partial charge is 0.142 e. The van der Waals surface area contributed by atoms with E-state index in [1.807, 2.05) is 0 Å². The van der Waals surface area contributed by atoms with Crippen molar-refractivity contribution in [2.75, 3.05) is 0 Å². The number of nitrogens with two attached hydrogens (primary N) is 1. The van der Waals surface area contributed by atoms with Gasteiger partial charge < -0.3 is 5.73 Å². The summed E-state index contributed by atoms with van der Waals surface area (Å²) in [5.41, 5.74) is 6.22. The van der Waals surface area contributed by atoms with Crippen molar-refractivity contribution in [1.29, 1.82) is 0 Å². The number of pyridine rings is 1. The van der Waals surface area contributed by atoms with Crippen LogP contribution in [0.3, 0.4) is 0 Å². The Morgan fingerprint density at radius 3 is 2.67 bits per heavy atom. The number of aromatic nitrogens is 1. The van der Waals surface area contributed by atoms with E-state index in [-0.39, 0.29) is 24.3 Å². The Bertz CT molecular complexity index is 268. The summed E-state index contributed by atoms with van der Waals surface area (Å²) in [6.07, 6.45) is 1.16. The third-order valence-corrected chi connectivity index (χ3v) is 1.90. The molecule has 1 atom stereocenters. The summed E-state index contributed by atoms with van der Waals surface area (Å²) in [7, 11) is 0. The quantitative estimate of drug-likeness (QED) is 0.837. The summed E-state index contributed by atoms with van der Waals surface area (Å²) in [4.78, 5) is 3.83. The Kier molecular flexibility index (Phi) is 4.67. The standard InChI is InChI=1S/C7H8BrFN2.ClH/c1-4(10)7-6(8)2-5(9)3-11-7;/h2-4H,10H2,1H3;1H. The summed E-state index contributed by atoms with van der Waals surface area (Å²) in [5.74, 6) is -0.360. The van der Waals surface area contributed by atoms with Crippen LogP contribution in [0.25, 0.3) is 0 Å². The van der Waals surface area contributed by atoms with Crippen molar-refractivity contribution < 1.29 is 4.39 Å². The maximum absolute atomic E-state index is 12.5. The van der Waals surface area contributed by atoms with Gasteiger partial charge in [0.1, 0.15) is 5.82 Å². The van der Waals surface area contributed by atoms with Gasteiger partial charge in [-0.2, -0.15) is 0 Å².